The molecule has 0 saturated heterocycles. The van der Waals surface area contributed by atoms with Crippen LogP contribution in [-0.4, -0.2) is 54.9 Å². The summed E-state index contributed by atoms with van der Waals surface area (Å²) < 4.78 is 6.22. The fourth-order valence-electron chi connectivity index (χ4n) is 2.98. The lowest BCUT2D eigenvalue weighted by molar-refractivity contribution is -0.923. The monoisotopic (exact) mass is 392 g/mol. The Labute approximate surface area is 171 Å². The van der Waals surface area contributed by atoms with Crippen molar-refractivity contribution >= 4 is 28.2 Å². The molecule has 1 heterocycles. The zero-order valence-electron chi connectivity index (χ0n) is 17.8. The van der Waals surface area contributed by atoms with Crippen LogP contribution in [0.5, 0.6) is 0 Å². The Hall–Kier alpha value is -1.56. The number of unbranched alkanes of at least 4 members (excludes halogenated alkanes) is 1. The summed E-state index contributed by atoms with van der Waals surface area (Å²) in [6.07, 6.45) is 5.15. The molecule has 0 bridgehead atoms. The van der Waals surface area contributed by atoms with Gasteiger partial charge in [-0.2, -0.15) is 0 Å². The van der Waals surface area contributed by atoms with Crippen molar-refractivity contribution in [2.24, 2.45) is 5.73 Å². The third kappa shape index (κ3) is 9.80. The fourth-order valence-corrected chi connectivity index (χ4v) is 3.12. The largest absolute Gasteiger partial charge is 0.490 e. The van der Waals surface area contributed by atoms with E-state index in [2.05, 4.69) is 43.6 Å². The Bertz CT molecular complexity index is 556. The number of pyridine rings is 1. The van der Waals surface area contributed by atoms with E-state index >= 15 is 0 Å². The van der Waals surface area contributed by atoms with Crippen molar-refractivity contribution in [3.63, 3.8) is 0 Å². The van der Waals surface area contributed by atoms with Crippen LogP contribution in [0.1, 0.15) is 40.0 Å². The summed E-state index contributed by atoms with van der Waals surface area (Å²) in [5, 5.41) is 1.95. The Morgan fingerprint density at radius 2 is 1.59 bits per heavy atom. The number of benzene rings is 1. The molecule has 0 saturated carbocycles. The number of nitrogens with zero attached hydrogens (tertiary/aromatic N) is 2. The molecule has 0 unspecified atom stereocenters. The molecule has 1 aromatic carbocycles. The molecule has 1 aromatic heterocycles. The number of hydrogen-bond donors (Lipinski definition) is 1. The molecule has 4 nitrogen and oxygen atoms in total. The smallest absolute Gasteiger partial charge is 0.159 e. The number of hydrogen-bond acceptors (Lipinski definition) is 4. The van der Waals surface area contributed by atoms with Crippen molar-refractivity contribution in [3.05, 3.63) is 42.6 Å². The minimum Gasteiger partial charge on any atom is -0.490 e. The maximum atomic E-state index is 5.02. The zero-order valence-corrected chi connectivity index (χ0v) is 18.6. The molecule has 0 aliphatic heterocycles. The van der Waals surface area contributed by atoms with E-state index in [4.69, 9.17) is 17.0 Å². The fraction of sp³-hybridized carbons (Fsp3) is 0.545. The van der Waals surface area contributed by atoms with Gasteiger partial charge in [-0.15, -0.1) is 0 Å². The Kier molecular flexibility index (Phi) is 14.6. The van der Waals surface area contributed by atoms with E-state index in [1.165, 1.54) is 49.5 Å². The van der Waals surface area contributed by atoms with Gasteiger partial charge < -0.3 is 15.0 Å². The number of para-hydroxylation sites is 1. The first-order valence-corrected chi connectivity index (χ1v) is 10.3. The van der Waals surface area contributed by atoms with Gasteiger partial charge in [-0.3, -0.25) is 4.98 Å². The predicted octanol–water partition coefficient (Wildman–Crippen LogP) is 4.82. The third-order valence-corrected chi connectivity index (χ3v) is 5.39. The molecule has 0 spiro atoms. The average Bonchev–Trinajstić information content (AvgIpc) is 2.76. The van der Waals surface area contributed by atoms with Crippen LogP contribution in [0.4, 0.5) is 0 Å². The molecular weight excluding hydrogens is 354 g/mol. The Morgan fingerprint density at radius 1 is 1.00 bits per heavy atom. The molecule has 2 rings (SSSR count). The minimum absolute atomic E-state index is 0.748. The Balaban J connectivity index is 0.000000482. The van der Waals surface area contributed by atoms with E-state index in [0.717, 1.165) is 23.4 Å². The minimum atomic E-state index is 0.748. The molecular formula is C22H38N3OS+. The highest BCUT2D eigenvalue weighted by atomic mass is 32.1. The molecule has 0 fully saturated rings. The molecule has 0 atom stereocenters. The highest BCUT2D eigenvalue weighted by Crippen LogP contribution is 2.10. The summed E-state index contributed by atoms with van der Waals surface area (Å²) >= 11 is 5.02. The van der Waals surface area contributed by atoms with Crippen LogP contribution < -0.4 is 5.73 Å². The van der Waals surface area contributed by atoms with Crippen molar-refractivity contribution < 1.29 is 9.22 Å². The summed E-state index contributed by atoms with van der Waals surface area (Å²) in [6.45, 7) is 11.8. The molecule has 0 radical (unpaired) electrons. The van der Waals surface area contributed by atoms with Gasteiger partial charge in [0.15, 0.2) is 5.05 Å². The number of methoxy groups -OCH3 is 1. The lowest BCUT2D eigenvalue weighted by Gasteiger charge is -2.35. The highest BCUT2D eigenvalue weighted by molar-refractivity contribution is 7.80. The topological polar surface area (TPSA) is 48.1 Å². The lowest BCUT2D eigenvalue weighted by Crippen LogP contribution is -2.48. The van der Waals surface area contributed by atoms with Gasteiger partial charge >= 0.3 is 0 Å². The van der Waals surface area contributed by atoms with Gasteiger partial charge in [0.2, 0.25) is 0 Å². The number of aromatic nitrogens is 1. The van der Waals surface area contributed by atoms with Crippen LogP contribution in [-0.2, 0) is 4.74 Å². The van der Waals surface area contributed by atoms with E-state index in [9.17, 15) is 0 Å². The first kappa shape index (κ1) is 25.4. The number of rotatable bonds is 8. The molecule has 2 N–H and O–H groups in total. The lowest BCUT2D eigenvalue weighted by atomic mass is 10.2. The Morgan fingerprint density at radius 3 is 2.15 bits per heavy atom. The van der Waals surface area contributed by atoms with Gasteiger partial charge in [0.25, 0.3) is 0 Å². The third-order valence-electron chi connectivity index (χ3n) is 5.02. The highest BCUT2D eigenvalue weighted by Gasteiger charge is 2.19. The number of ether oxygens (including phenoxy) is 1. The molecule has 0 aliphatic carbocycles. The van der Waals surface area contributed by atoms with Crippen LogP contribution in [0.25, 0.3) is 10.9 Å². The summed E-state index contributed by atoms with van der Waals surface area (Å²) in [6, 6.07) is 12.1. The van der Waals surface area contributed by atoms with E-state index < -0.39 is 0 Å². The van der Waals surface area contributed by atoms with Gasteiger partial charge in [0, 0.05) is 18.0 Å². The van der Waals surface area contributed by atoms with Gasteiger partial charge in [-0.1, -0.05) is 24.3 Å². The molecule has 152 valence electrons. The molecule has 5 heteroatoms. The standard InChI is InChI=1S/C12H26NOS.C9H7N.CH5N/c1-5-13(6-2,7-3)11-9-8-10-12(15)14-4;1-2-6-9-8(4-1)5-3-7-10-9;1-2/h5-11H2,1-4H3;1-7H;2H2,1H3/q+1;;. The van der Waals surface area contributed by atoms with E-state index in [1.54, 1.807) is 7.11 Å². The zero-order chi connectivity index (χ0) is 20.5. The average molecular weight is 393 g/mol. The van der Waals surface area contributed by atoms with Crippen molar-refractivity contribution in [1.29, 1.82) is 0 Å². The second kappa shape index (κ2) is 15.5. The van der Waals surface area contributed by atoms with E-state index in [0.29, 0.717) is 0 Å². The van der Waals surface area contributed by atoms with E-state index in [1.807, 2.05) is 30.5 Å². The quantitative estimate of drug-likeness (QED) is 0.398. The van der Waals surface area contributed by atoms with Crippen molar-refractivity contribution in [1.82, 2.24) is 4.98 Å². The SMILES string of the molecule is CC[N+](CC)(CC)CCCCC(=S)OC.CN.c1ccc2ncccc2c1. The van der Waals surface area contributed by atoms with Gasteiger partial charge in [-0.05, 0) is 65.0 Å². The molecule has 0 aliphatic rings. The van der Waals surface area contributed by atoms with Crippen LogP contribution >= 0.6 is 12.2 Å². The van der Waals surface area contributed by atoms with Crippen LogP contribution in [0.3, 0.4) is 0 Å². The number of fused-ring (bicyclic) bond motifs is 1. The molecule has 0 amide bonds. The summed E-state index contributed by atoms with van der Waals surface area (Å²) in [5.74, 6) is 0. The maximum Gasteiger partial charge on any atom is 0.159 e. The van der Waals surface area contributed by atoms with Crippen molar-refractivity contribution in [2.45, 2.75) is 40.0 Å². The maximum absolute atomic E-state index is 5.02. The van der Waals surface area contributed by atoms with E-state index in [-0.39, 0.29) is 0 Å². The normalized spacial score (nSPS) is 10.3. The second-order valence-corrected chi connectivity index (χ2v) is 6.70. The molecule has 27 heavy (non-hydrogen) atoms. The van der Waals surface area contributed by atoms with Crippen LogP contribution in [0.15, 0.2) is 42.6 Å². The van der Waals surface area contributed by atoms with Crippen LogP contribution in [0.2, 0.25) is 0 Å². The van der Waals surface area contributed by atoms with Gasteiger partial charge in [0.05, 0.1) is 38.8 Å². The summed E-state index contributed by atoms with van der Waals surface area (Å²) in [7, 11) is 3.16. The van der Waals surface area contributed by atoms with Crippen molar-refractivity contribution in [3.8, 4) is 0 Å². The molecule has 2 aromatic rings. The number of thiocarbonyl (C=S) groups is 1. The van der Waals surface area contributed by atoms with Gasteiger partial charge in [-0.25, -0.2) is 0 Å². The van der Waals surface area contributed by atoms with Crippen LogP contribution in [0, 0.1) is 0 Å². The summed E-state index contributed by atoms with van der Waals surface area (Å²) in [4.78, 5) is 4.18. The second-order valence-electron chi connectivity index (χ2n) is 6.24. The number of nitrogens with two attached hydrogens (primary N) is 1. The summed E-state index contributed by atoms with van der Waals surface area (Å²) in [5.41, 5.74) is 5.56. The first-order chi connectivity index (χ1) is 13.1. The van der Waals surface area contributed by atoms with Gasteiger partial charge in [0.1, 0.15) is 0 Å². The first-order valence-electron chi connectivity index (χ1n) is 9.90. The predicted molar refractivity (Wildman–Crippen MR) is 122 cm³/mol. The van der Waals surface area contributed by atoms with Crippen molar-refractivity contribution in [2.75, 3.05) is 40.3 Å². The number of quaternary nitrogens is 1.